The Morgan fingerprint density at radius 3 is 2.79 bits per heavy atom. The highest BCUT2D eigenvalue weighted by Gasteiger charge is 2.33. The van der Waals surface area contributed by atoms with Gasteiger partial charge in [-0.3, -0.25) is 9.59 Å². The van der Waals surface area contributed by atoms with Gasteiger partial charge in [0, 0.05) is 6.54 Å². The summed E-state index contributed by atoms with van der Waals surface area (Å²) < 4.78 is 5.52. The number of benzene rings is 1. The SMILES string of the molecule is CCOc1ccc([C@H]2CCCN2C(=O)c2sc3nc(C)[nH]c(=O)c3c2C)cc1. The number of rotatable bonds is 4. The van der Waals surface area contributed by atoms with Crippen molar-refractivity contribution in [3.05, 3.63) is 56.4 Å². The van der Waals surface area contributed by atoms with Gasteiger partial charge >= 0.3 is 0 Å². The van der Waals surface area contributed by atoms with Crippen molar-refractivity contribution in [2.24, 2.45) is 0 Å². The normalized spacial score (nSPS) is 16.7. The molecule has 4 rings (SSSR count). The summed E-state index contributed by atoms with van der Waals surface area (Å²) in [5, 5.41) is 0.524. The van der Waals surface area contributed by atoms with Gasteiger partial charge in [0.05, 0.1) is 22.9 Å². The van der Waals surface area contributed by atoms with E-state index in [1.165, 1.54) is 11.3 Å². The van der Waals surface area contributed by atoms with E-state index in [0.717, 1.165) is 29.7 Å². The molecule has 146 valence electrons. The highest BCUT2D eigenvalue weighted by molar-refractivity contribution is 7.20. The van der Waals surface area contributed by atoms with Crippen molar-refractivity contribution in [1.29, 1.82) is 0 Å². The van der Waals surface area contributed by atoms with Gasteiger partial charge in [-0.05, 0) is 56.9 Å². The number of thiophene rings is 1. The lowest BCUT2D eigenvalue weighted by molar-refractivity contribution is 0.0740. The van der Waals surface area contributed by atoms with E-state index in [2.05, 4.69) is 9.97 Å². The summed E-state index contributed by atoms with van der Waals surface area (Å²) in [5.74, 6) is 1.38. The molecule has 0 bridgehead atoms. The fourth-order valence-electron chi connectivity index (χ4n) is 3.90. The van der Waals surface area contributed by atoms with Gasteiger partial charge in [0.1, 0.15) is 16.4 Å². The third-order valence-corrected chi connectivity index (χ3v) is 6.38. The van der Waals surface area contributed by atoms with Crippen LogP contribution in [0.25, 0.3) is 10.2 Å². The van der Waals surface area contributed by atoms with Gasteiger partial charge in [-0.2, -0.15) is 0 Å². The molecule has 2 aromatic heterocycles. The molecule has 0 unspecified atom stereocenters. The molecule has 1 saturated heterocycles. The van der Waals surface area contributed by atoms with Gasteiger partial charge in [-0.15, -0.1) is 11.3 Å². The minimum Gasteiger partial charge on any atom is -0.494 e. The number of fused-ring (bicyclic) bond motifs is 1. The number of aryl methyl sites for hydroxylation is 2. The van der Waals surface area contributed by atoms with Gasteiger partial charge in [0.25, 0.3) is 11.5 Å². The van der Waals surface area contributed by atoms with Gasteiger partial charge in [0.15, 0.2) is 0 Å². The predicted molar refractivity (Wildman–Crippen MR) is 110 cm³/mol. The smallest absolute Gasteiger partial charge is 0.264 e. The summed E-state index contributed by atoms with van der Waals surface area (Å²) in [7, 11) is 0. The van der Waals surface area contributed by atoms with Crippen molar-refractivity contribution in [1.82, 2.24) is 14.9 Å². The van der Waals surface area contributed by atoms with E-state index in [0.29, 0.717) is 34.1 Å². The zero-order valence-corrected chi connectivity index (χ0v) is 17.1. The first-order valence-electron chi connectivity index (χ1n) is 9.53. The fourth-order valence-corrected chi connectivity index (χ4v) is 5.08. The Morgan fingerprint density at radius 2 is 2.07 bits per heavy atom. The van der Waals surface area contributed by atoms with E-state index < -0.39 is 0 Å². The summed E-state index contributed by atoms with van der Waals surface area (Å²) in [4.78, 5) is 36.0. The lowest BCUT2D eigenvalue weighted by Crippen LogP contribution is -2.30. The number of ether oxygens (including phenoxy) is 1. The molecule has 0 saturated carbocycles. The highest BCUT2D eigenvalue weighted by atomic mass is 32.1. The molecule has 0 aliphatic carbocycles. The number of carbonyl (C=O) groups excluding carboxylic acids is 1. The Labute approximate surface area is 167 Å². The summed E-state index contributed by atoms with van der Waals surface area (Å²) in [6, 6.07) is 8.03. The Hall–Kier alpha value is -2.67. The van der Waals surface area contributed by atoms with Crippen LogP contribution in [-0.2, 0) is 0 Å². The summed E-state index contributed by atoms with van der Waals surface area (Å²) in [6.45, 7) is 6.89. The second kappa shape index (κ2) is 7.39. The van der Waals surface area contributed by atoms with Crippen molar-refractivity contribution in [2.75, 3.05) is 13.2 Å². The molecular weight excluding hydrogens is 374 g/mol. The molecule has 1 aliphatic heterocycles. The Morgan fingerprint density at radius 1 is 1.32 bits per heavy atom. The van der Waals surface area contributed by atoms with Crippen molar-refractivity contribution in [2.45, 2.75) is 39.7 Å². The van der Waals surface area contributed by atoms with Crippen LogP contribution in [-0.4, -0.2) is 33.9 Å². The fraction of sp³-hybridized carbons (Fsp3) is 0.381. The topological polar surface area (TPSA) is 75.3 Å². The van der Waals surface area contributed by atoms with Crippen LogP contribution >= 0.6 is 11.3 Å². The number of likely N-dealkylation sites (tertiary alicyclic amines) is 1. The van der Waals surface area contributed by atoms with Crippen molar-refractivity contribution in [3.8, 4) is 5.75 Å². The van der Waals surface area contributed by atoms with Gasteiger partial charge in [0.2, 0.25) is 0 Å². The van der Waals surface area contributed by atoms with E-state index in [1.54, 1.807) is 6.92 Å². The predicted octanol–water partition coefficient (Wildman–Crippen LogP) is 3.98. The lowest BCUT2D eigenvalue weighted by atomic mass is 10.0. The van der Waals surface area contributed by atoms with Crippen molar-refractivity contribution < 1.29 is 9.53 Å². The van der Waals surface area contributed by atoms with Crippen LogP contribution in [0.5, 0.6) is 5.75 Å². The minimum atomic E-state index is -0.181. The standard InChI is InChI=1S/C21H23N3O3S/c1-4-27-15-9-7-14(8-10-15)16-6-5-11-24(16)21(26)18-12(2)17-19(25)22-13(3)23-20(17)28-18/h7-10,16H,4-6,11H2,1-3H3,(H,22,23,25)/t16-/m1/s1. The summed E-state index contributed by atoms with van der Waals surface area (Å²) in [6.07, 6.45) is 1.90. The van der Waals surface area contributed by atoms with E-state index >= 15 is 0 Å². The number of H-pyrrole nitrogens is 1. The Balaban J connectivity index is 1.67. The zero-order valence-electron chi connectivity index (χ0n) is 16.2. The third-order valence-electron chi connectivity index (χ3n) is 5.20. The molecule has 0 spiro atoms. The van der Waals surface area contributed by atoms with Crippen LogP contribution in [0, 0.1) is 13.8 Å². The second-order valence-electron chi connectivity index (χ2n) is 7.05. The first-order valence-corrected chi connectivity index (χ1v) is 10.3. The molecule has 1 N–H and O–H groups in total. The number of carbonyl (C=O) groups is 1. The van der Waals surface area contributed by atoms with Crippen molar-refractivity contribution >= 4 is 27.5 Å². The third kappa shape index (κ3) is 3.20. The lowest BCUT2D eigenvalue weighted by Gasteiger charge is -2.25. The van der Waals surface area contributed by atoms with Crippen LogP contribution in [0.2, 0.25) is 0 Å². The number of nitrogens with one attached hydrogen (secondary N) is 1. The van der Waals surface area contributed by atoms with Crippen LogP contribution < -0.4 is 10.3 Å². The second-order valence-corrected chi connectivity index (χ2v) is 8.05. The van der Waals surface area contributed by atoms with E-state index in [-0.39, 0.29) is 17.5 Å². The number of aromatic amines is 1. The minimum absolute atomic E-state index is 0.0195. The number of hydrogen-bond donors (Lipinski definition) is 1. The average Bonchev–Trinajstić information content (AvgIpc) is 3.27. The maximum atomic E-state index is 13.4. The first kappa shape index (κ1) is 18.7. The number of hydrogen-bond acceptors (Lipinski definition) is 5. The number of nitrogens with zero attached hydrogens (tertiary/aromatic N) is 2. The Bertz CT molecular complexity index is 1080. The van der Waals surface area contributed by atoms with Gasteiger partial charge in [-0.1, -0.05) is 12.1 Å². The molecule has 1 fully saturated rings. The van der Waals surface area contributed by atoms with Gasteiger partial charge < -0.3 is 14.6 Å². The molecule has 3 aromatic rings. The molecule has 1 amide bonds. The molecule has 0 radical (unpaired) electrons. The molecular formula is C21H23N3O3S. The molecule has 1 aliphatic rings. The maximum Gasteiger partial charge on any atom is 0.264 e. The van der Waals surface area contributed by atoms with Crippen molar-refractivity contribution in [3.63, 3.8) is 0 Å². The zero-order chi connectivity index (χ0) is 19.8. The van der Waals surface area contributed by atoms with Crippen LogP contribution in [0.3, 0.4) is 0 Å². The largest absolute Gasteiger partial charge is 0.494 e. The summed E-state index contributed by atoms with van der Waals surface area (Å²) in [5.41, 5.74) is 1.65. The quantitative estimate of drug-likeness (QED) is 0.723. The molecule has 1 atom stereocenters. The van der Waals surface area contributed by atoms with E-state index in [9.17, 15) is 9.59 Å². The van der Waals surface area contributed by atoms with Gasteiger partial charge in [-0.25, -0.2) is 4.98 Å². The summed E-state index contributed by atoms with van der Waals surface area (Å²) >= 11 is 1.31. The van der Waals surface area contributed by atoms with Crippen LogP contribution in [0.4, 0.5) is 0 Å². The maximum absolute atomic E-state index is 13.4. The number of aromatic nitrogens is 2. The molecule has 6 nitrogen and oxygen atoms in total. The molecule has 3 heterocycles. The number of amides is 1. The molecule has 1 aromatic carbocycles. The first-order chi connectivity index (χ1) is 13.5. The van der Waals surface area contributed by atoms with Crippen LogP contribution in [0.15, 0.2) is 29.1 Å². The molecule has 7 heteroatoms. The van der Waals surface area contributed by atoms with E-state index in [1.807, 2.05) is 43.0 Å². The monoisotopic (exact) mass is 397 g/mol. The molecule has 28 heavy (non-hydrogen) atoms. The van der Waals surface area contributed by atoms with E-state index in [4.69, 9.17) is 4.74 Å². The average molecular weight is 398 g/mol. The Kier molecular flexibility index (Phi) is 4.93. The van der Waals surface area contributed by atoms with Crippen LogP contribution in [0.1, 0.15) is 52.4 Å². The highest BCUT2D eigenvalue weighted by Crippen LogP contribution is 2.36.